The third-order valence-electron chi connectivity index (χ3n) is 7.86. The number of amides is 1. The van der Waals surface area contributed by atoms with Gasteiger partial charge in [-0.05, 0) is 69.8 Å². The Kier molecular flexibility index (Phi) is 9.66. The fourth-order valence-electron chi connectivity index (χ4n) is 6.01. The van der Waals surface area contributed by atoms with Crippen molar-refractivity contribution in [2.45, 2.75) is 63.8 Å². The molecule has 2 aromatic rings. The predicted octanol–water partition coefficient (Wildman–Crippen LogP) is 4.88. The van der Waals surface area contributed by atoms with Gasteiger partial charge in [0.1, 0.15) is 0 Å². The van der Waals surface area contributed by atoms with Crippen LogP contribution in [0.2, 0.25) is 0 Å². The van der Waals surface area contributed by atoms with Crippen molar-refractivity contribution < 1.29 is 4.79 Å². The Balaban J connectivity index is 0.00000306. The van der Waals surface area contributed by atoms with Gasteiger partial charge >= 0.3 is 0 Å². The van der Waals surface area contributed by atoms with Gasteiger partial charge in [0.15, 0.2) is 0 Å². The van der Waals surface area contributed by atoms with E-state index in [4.69, 9.17) is 5.73 Å². The monoisotopic (exact) mass is 474 g/mol. The molecule has 1 aliphatic heterocycles. The van der Waals surface area contributed by atoms with Crippen LogP contribution in [-0.4, -0.2) is 60.5 Å². The van der Waals surface area contributed by atoms with Crippen molar-refractivity contribution in [3.63, 3.8) is 0 Å². The van der Waals surface area contributed by atoms with Crippen molar-refractivity contribution >= 4 is 29.2 Å². The Morgan fingerprint density at radius 1 is 1.12 bits per heavy atom. The van der Waals surface area contributed by atoms with E-state index in [1.54, 1.807) is 0 Å². The maximum absolute atomic E-state index is 11.6. The zero-order chi connectivity index (χ0) is 22.5. The van der Waals surface area contributed by atoms with Gasteiger partial charge in [-0.25, -0.2) is 0 Å². The Labute approximate surface area is 206 Å². The van der Waals surface area contributed by atoms with Gasteiger partial charge < -0.3 is 20.1 Å². The summed E-state index contributed by atoms with van der Waals surface area (Å²) >= 11 is 0. The number of carbonyl (C=O) groups excluding carboxylic acids is 1. The highest BCUT2D eigenvalue weighted by Crippen LogP contribution is 2.40. The van der Waals surface area contributed by atoms with Crippen molar-refractivity contribution in [3.05, 3.63) is 36.0 Å². The van der Waals surface area contributed by atoms with Crippen LogP contribution in [0.15, 0.2) is 30.5 Å². The lowest BCUT2D eigenvalue weighted by Crippen LogP contribution is -2.42. The number of hydrogen-bond donors (Lipinski definition) is 1. The van der Waals surface area contributed by atoms with Crippen LogP contribution in [0, 0.1) is 11.8 Å². The smallest absolute Gasteiger partial charge is 0.217 e. The molecule has 2 N–H and O–H groups in total. The predicted molar refractivity (Wildman–Crippen MR) is 140 cm³/mol. The van der Waals surface area contributed by atoms with Crippen molar-refractivity contribution in [3.8, 4) is 0 Å². The normalized spacial score (nSPS) is 22.5. The van der Waals surface area contributed by atoms with E-state index >= 15 is 0 Å². The topological polar surface area (TPSA) is 54.5 Å². The van der Waals surface area contributed by atoms with Gasteiger partial charge in [0.05, 0.1) is 0 Å². The summed E-state index contributed by atoms with van der Waals surface area (Å²) in [5.74, 6) is 1.62. The summed E-state index contributed by atoms with van der Waals surface area (Å²) in [5.41, 5.74) is 8.41. The van der Waals surface area contributed by atoms with Gasteiger partial charge in [-0.2, -0.15) is 0 Å². The van der Waals surface area contributed by atoms with Gasteiger partial charge in [-0.3, -0.25) is 4.79 Å². The fourth-order valence-corrected chi connectivity index (χ4v) is 6.01. The highest BCUT2D eigenvalue weighted by atomic mass is 35.5. The van der Waals surface area contributed by atoms with E-state index < -0.39 is 0 Å². The fraction of sp³-hybridized carbons (Fsp3) is 0.667. The molecule has 2 unspecified atom stereocenters. The number of likely N-dealkylation sites (tertiary alicyclic amines) is 1. The third-order valence-corrected chi connectivity index (χ3v) is 7.86. The first-order chi connectivity index (χ1) is 15.5. The molecule has 6 heteroatoms. The number of likely N-dealkylation sites (N-methyl/N-ethyl adjacent to an activating group) is 1. The number of para-hydroxylation sites is 1. The van der Waals surface area contributed by atoms with Crippen LogP contribution in [-0.2, 0) is 11.3 Å². The Morgan fingerprint density at radius 2 is 1.88 bits per heavy atom. The van der Waals surface area contributed by atoms with Crippen molar-refractivity contribution in [2.24, 2.45) is 17.6 Å². The van der Waals surface area contributed by atoms with Gasteiger partial charge in [-0.15, -0.1) is 12.4 Å². The molecule has 184 valence electrons. The molecular weight excluding hydrogens is 432 g/mol. The number of halogens is 1. The van der Waals surface area contributed by atoms with E-state index in [9.17, 15) is 4.79 Å². The SMILES string of the molecule is CN(C)CCN1CCC(CCC(N)=O)C(c2cn(CC3CCCCC3)c3ccccc23)C1.Cl. The molecule has 1 aliphatic carbocycles. The highest BCUT2D eigenvalue weighted by molar-refractivity contribution is 5.85. The number of rotatable bonds is 9. The van der Waals surface area contributed by atoms with Gasteiger partial charge in [0.25, 0.3) is 0 Å². The molecule has 2 fully saturated rings. The average molecular weight is 475 g/mol. The third kappa shape index (κ3) is 6.74. The minimum atomic E-state index is -0.168. The van der Waals surface area contributed by atoms with Crippen LogP contribution in [0.25, 0.3) is 10.9 Å². The zero-order valence-electron chi connectivity index (χ0n) is 20.5. The zero-order valence-corrected chi connectivity index (χ0v) is 21.4. The molecule has 33 heavy (non-hydrogen) atoms. The number of piperidine rings is 1. The second-order valence-corrected chi connectivity index (χ2v) is 10.5. The average Bonchev–Trinajstić information content (AvgIpc) is 3.15. The number of nitrogens with two attached hydrogens (primary N) is 1. The maximum atomic E-state index is 11.6. The molecule has 2 heterocycles. The van der Waals surface area contributed by atoms with Crippen molar-refractivity contribution in [2.75, 3.05) is 40.3 Å². The largest absolute Gasteiger partial charge is 0.370 e. The van der Waals surface area contributed by atoms with E-state index in [0.717, 1.165) is 51.5 Å². The Bertz CT molecular complexity index is 889. The summed E-state index contributed by atoms with van der Waals surface area (Å²) in [6, 6.07) is 8.97. The summed E-state index contributed by atoms with van der Waals surface area (Å²) in [4.78, 5) is 16.5. The Hall–Kier alpha value is -1.56. The van der Waals surface area contributed by atoms with Crippen LogP contribution >= 0.6 is 12.4 Å². The van der Waals surface area contributed by atoms with E-state index in [-0.39, 0.29) is 18.3 Å². The number of carbonyl (C=O) groups is 1. The second kappa shape index (κ2) is 12.2. The first-order valence-corrected chi connectivity index (χ1v) is 12.7. The van der Waals surface area contributed by atoms with Crippen LogP contribution < -0.4 is 5.73 Å². The lowest BCUT2D eigenvalue weighted by atomic mass is 9.78. The molecule has 5 nitrogen and oxygen atoms in total. The summed E-state index contributed by atoms with van der Waals surface area (Å²) < 4.78 is 2.55. The van der Waals surface area contributed by atoms with Crippen LogP contribution in [0.5, 0.6) is 0 Å². The lowest BCUT2D eigenvalue weighted by Gasteiger charge is -2.39. The van der Waals surface area contributed by atoms with Crippen LogP contribution in [0.1, 0.15) is 62.8 Å². The summed E-state index contributed by atoms with van der Waals surface area (Å²) in [6.45, 7) is 5.53. The minimum Gasteiger partial charge on any atom is -0.370 e. The highest BCUT2D eigenvalue weighted by Gasteiger charge is 2.32. The molecule has 0 radical (unpaired) electrons. The van der Waals surface area contributed by atoms with E-state index in [1.165, 1.54) is 48.6 Å². The van der Waals surface area contributed by atoms with Gasteiger partial charge in [-0.1, -0.05) is 37.5 Å². The van der Waals surface area contributed by atoms with Crippen molar-refractivity contribution in [1.29, 1.82) is 0 Å². The van der Waals surface area contributed by atoms with E-state index in [2.05, 4.69) is 58.9 Å². The Morgan fingerprint density at radius 3 is 2.61 bits per heavy atom. The number of aromatic nitrogens is 1. The number of nitrogens with zero attached hydrogens (tertiary/aromatic N) is 3. The maximum Gasteiger partial charge on any atom is 0.217 e. The molecule has 4 rings (SSSR count). The molecule has 0 bridgehead atoms. The number of fused-ring (bicyclic) bond motifs is 1. The van der Waals surface area contributed by atoms with Gasteiger partial charge in [0, 0.05) is 55.6 Å². The molecule has 2 atom stereocenters. The standard InChI is InChI=1S/C27H42N4O.ClH/c1-29(2)16-17-30-15-14-22(12-13-27(28)32)24(19-30)25-20-31(18-21-8-4-3-5-9-21)26-11-7-6-10-23(25)26;/h6-7,10-11,20-22,24H,3-5,8-9,12-19H2,1-2H3,(H2,28,32);1H. The second-order valence-electron chi connectivity index (χ2n) is 10.5. The van der Waals surface area contributed by atoms with Crippen LogP contribution in [0.3, 0.4) is 0 Å². The molecule has 1 aromatic heterocycles. The number of primary amides is 1. The molecule has 1 saturated heterocycles. The molecule has 1 aromatic carbocycles. The minimum absolute atomic E-state index is 0. The van der Waals surface area contributed by atoms with Crippen LogP contribution in [0.4, 0.5) is 0 Å². The summed E-state index contributed by atoms with van der Waals surface area (Å²) in [7, 11) is 4.30. The summed E-state index contributed by atoms with van der Waals surface area (Å²) in [6.07, 6.45) is 11.9. The molecule has 1 amide bonds. The number of hydrogen-bond acceptors (Lipinski definition) is 3. The van der Waals surface area contributed by atoms with E-state index in [0.29, 0.717) is 18.3 Å². The van der Waals surface area contributed by atoms with Gasteiger partial charge in [0.2, 0.25) is 5.91 Å². The van der Waals surface area contributed by atoms with Crippen molar-refractivity contribution in [1.82, 2.24) is 14.4 Å². The quantitative estimate of drug-likeness (QED) is 0.563. The molecule has 2 aliphatic rings. The first kappa shape index (κ1) is 26.1. The number of benzene rings is 1. The van der Waals surface area contributed by atoms with E-state index in [1.807, 2.05) is 0 Å². The first-order valence-electron chi connectivity index (χ1n) is 12.7. The molecular formula is C27H43ClN4O. The summed E-state index contributed by atoms with van der Waals surface area (Å²) in [5, 5.41) is 1.41. The molecule has 1 saturated carbocycles. The molecule has 0 spiro atoms. The lowest BCUT2D eigenvalue weighted by molar-refractivity contribution is -0.118.